The molecule has 0 aliphatic rings. The Kier molecular flexibility index (Phi) is 4.67. The summed E-state index contributed by atoms with van der Waals surface area (Å²) in [4.78, 5) is 1.98. The molecule has 0 unspecified atom stereocenters. The number of likely N-dealkylation sites (N-methyl/N-ethyl adjacent to an activating group) is 1. The zero-order valence-corrected chi connectivity index (χ0v) is 6.29. The summed E-state index contributed by atoms with van der Waals surface area (Å²) < 4.78 is 4.92. The normalized spacial score (nSPS) is 14.3. The Balaban J connectivity index is 3.31. The highest BCUT2D eigenvalue weighted by Crippen LogP contribution is 1.88. The molecule has 0 bridgehead atoms. The molecule has 0 aliphatic carbocycles. The van der Waals surface area contributed by atoms with Crippen molar-refractivity contribution in [1.82, 2.24) is 4.90 Å². The van der Waals surface area contributed by atoms with E-state index in [0.717, 1.165) is 6.54 Å². The third kappa shape index (κ3) is 4.39. The van der Waals surface area contributed by atoms with E-state index in [0.29, 0.717) is 0 Å². The van der Waals surface area contributed by atoms with Gasteiger partial charge in [-0.15, -0.1) is 0 Å². The predicted molar refractivity (Wildman–Crippen MR) is 36.4 cm³/mol. The fourth-order valence-electron chi connectivity index (χ4n) is 0.614. The highest BCUT2D eigenvalue weighted by Gasteiger charge is 2.04. The van der Waals surface area contributed by atoms with Crippen molar-refractivity contribution in [3.05, 3.63) is 0 Å². The molecule has 1 N–H and O–H groups in total. The van der Waals surface area contributed by atoms with Crippen LogP contribution in [0.5, 0.6) is 0 Å². The zero-order valence-electron chi connectivity index (χ0n) is 6.29. The van der Waals surface area contributed by atoms with Gasteiger partial charge in [0.05, 0.1) is 12.7 Å². The average Bonchev–Trinajstić information content (AvgIpc) is 1.82. The van der Waals surface area contributed by atoms with E-state index in [4.69, 9.17) is 9.84 Å². The molecule has 0 heterocycles. The Morgan fingerprint density at radius 3 is 2.22 bits per heavy atom. The second-order valence-corrected chi connectivity index (χ2v) is 2.30. The van der Waals surface area contributed by atoms with E-state index in [9.17, 15) is 0 Å². The lowest BCUT2D eigenvalue weighted by Gasteiger charge is -2.16. The van der Waals surface area contributed by atoms with Crippen molar-refractivity contribution < 1.29 is 9.84 Å². The quantitative estimate of drug-likeness (QED) is 0.564. The van der Waals surface area contributed by atoms with Crippen LogP contribution in [0.2, 0.25) is 0 Å². The fourth-order valence-corrected chi connectivity index (χ4v) is 0.614. The van der Waals surface area contributed by atoms with E-state index >= 15 is 0 Å². The van der Waals surface area contributed by atoms with Crippen molar-refractivity contribution >= 4 is 0 Å². The summed E-state index contributed by atoms with van der Waals surface area (Å²) in [6.45, 7) is 0.863. The first kappa shape index (κ1) is 8.88. The van der Waals surface area contributed by atoms with Gasteiger partial charge in [0.25, 0.3) is 0 Å². The van der Waals surface area contributed by atoms with E-state index in [-0.39, 0.29) is 12.7 Å². The number of hydrogen-bond acceptors (Lipinski definition) is 3. The maximum atomic E-state index is 8.62. The SMILES string of the molecule is CO[C@@H](CO)CN(C)C. The number of aliphatic hydroxyl groups is 1. The predicted octanol–water partition coefficient (Wildman–Crippen LogP) is -0.445. The lowest BCUT2D eigenvalue weighted by Crippen LogP contribution is -2.30. The number of methoxy groups -OCH3 is 1. The van der Waals surface area contributed by atoms with Gasteiger partial charge in [-0.05, 0) is 14.1 Å². The van der Waals surface area contributed by atoms with Gasteiger partial charge in [0, 0.05) is 13.7 Å². The third-order valence-corrected chi connectivity index (χ3v) is 1.11. The minimum atomic E-state index is -0.0417. The average molecular weight is 133 g/mol. The molecule has 3 nitrogen and oxygen atoms in total. The monoisotopic (exact) mass is 133 g/mol. The molecule has 0 radical (unpaired) electrons. The van der Waals surface area contributed by atoms with E-state index in [2.05, 4.69) is 0 Å². The van der Waals surface area contributed by atoms with Crippen LogP contribution >= 0.6 is 0 Å². The first-order chi connectivity index (χ1) is 4.20. The molecule has 0 saturated heterocycles. The van der Waals surface area contributed by atoms with Crippen molar-refractivity contribution in [1.29, 1.82) is 0 Å². The summed E-state index contributed by atoms with van der Waals surface area (Å²) in [7, 11) is 5.49. The van der Waals surface area contributed by atoms with Crippen LogP contribution in [0, 0.1) is 0 Å². The van der Waals surface area contributed by atoms with Gasteiger partial charge in [-0.1, -0.05) is 0 Å². The molecule has 0 spiro atoms. The maximum absolute atomic E-state index is 8.62. The van der Waals surface area contributed by atoms with Gasteiger partial charge in [0.2, 0.25) is 0 Å². The summed E-state index contributed by atoms with van der Waals surface area (Å²) >= 11 is 0. The lowest BCUT2D eigenvalue weighted by atomic mass is 10.3. The molecule has 9 heavy (non-hydrogen) atoms. The van der Waals surface area contributed by atoms with Crippen molar-refractivity contribution in [2.45, 2.75) is 6.10 Å². The van der Waals surface area contributed by atoms with Crippen molar-refractivity contribution in [3.8, 4) is 0 Å². The summed E-state index contributed by atoms with van der Waals surface area (Å²) in [6, 6.07) is 0. The summed E-state index contributed by atoms with van der Waals surface area (Å²) in [6.07, 6.45) is -0.0417. The van der Waals surface area contributed by atoms with Gasteiger partial charge in [-0.2, -0.15) is 0 Å². The van der Waals surface area contributed by atoms with Crippen LogP contribution in [-0.4, -0.2) is 50.5 Å². The van der Waals surface area contributed by atoms with E-state index in [1.54, 1.807) is 7.11 Å². The van der Waals surface area contributed by atoms with Crippen LogP contribution in [-0.2, 0) is 4.74 Å². The third-order valence-electron chi connectivity index (χ3n) is 1.11. The van der Waals surface area contributed by atoms with Crippen LogP contribution in [0.15, 0.2) is 0 Å². The molecule has 0 amide bonds. The Morgan fingerprint density at radius 1 is 1.56 bits per heavy atom. The van der Waals surface area contributed by atoms with Crippen LogP contribution in [0.4, 0.5) is 0 Å². The minimum absolute atomic E-state index is 0.0417. The Morgan fingerprint density at radius 2 is 2.11 bits per heavy atom. The highest BCUT2D eigenvalue weighted by molar-refractivity contribution is 4.57. The van der Waals surface area contributed by atoms with E-state index in [1.165, 1.54) is 0 Å². The molecule has 0 saturated carbocycles. The molecule has 0 aromatic carbocycles. The topological polar surface area (TPSA) is 32.7 Å². The van der Waals surface area contributed by atoms with Gasteiger partial charge < -0.3 is 14.7 Å². The van der Waals surface area contributed by atoms with Crippen molar-refractivity contribution in [2.24, 2.45) is 0 Å². The first-order valence-corrected chi connectivity index (χ1v) is 2.99. The van der Waals surface area contributed by atoms with Gasteiger partial charge in [-0.25, -0.2) is 0 Å². The number of ether oxygens (including phenoxy) is 1. The minimum Gasteiger partial charge on any atom is -0.394 e. The molecule has 1 atom stereocenters. The van der Waals surface area contributed by atoms with Gasteiger partial charge in [0.15, 0.2) is 0 Å². The smallest absolute Gasteiger partial charge is 0.0928 e. The summed E-state index contributed by atoms with van der Waals surface area (Å²) in [5.74, 6) is 0. The summed E-state index contributed by atoms with van der Waals surface area (Å²) in [5.41, 5.74) is 0. The molecule has 0 aliphatic heterocycles. The van der Waals surface area contributed by atoms with Crippen LogP contribution in [0.1, 0.15) is 0 Å². The van der Waals surface area contributed by atoms with Crippen molar-refractivity contribution in [3.63, 3.8) is 0 Å². The lowest BCUT2D eigenvalue weighted by molar-refractivity contribution is 0.0318. The fraction of sp³-hybridized carbons (Fsp3) is 1.00. The molecule has 3 heteroatoms. The van der Waals surface area contributed by atoms with Crippen LogP contribution < -0.4 is 0 Å². The largest absolute Gasteiger partial charge is 0.394 e. The Bertz CT molecular complexity index is 62.1. The van der Waals surface area contributed by atoms with Gasteiger partial charge in [0.1, 0.15) is 0 Å². The maximum Gasteiger partial charge on any atom is 0.0928 e. The first-order valence-electron chi connectivity index (χ1n) is 2.99. The molecule has 56 valence electrons. The Labute approximate surface area is 56.2 Å². The number of rotatable bonds is 4. The molecule has 0 rings (SSSR count). The van der Waals surface area contributed by atoms with E-state index < -0.39 is 0 Å². The highest BCUT2D eigenvalue weighted by atomic mass is 16.5. The second-order valence-electron chi connectivity index (χ2n) is 2.30. The van der Waals surface area contributed by atoms with Crippen molar-refractivity contribution in [2.75, 3.05) is 34.4 Å². The number of aliphatic hydroxyl groups excluding tert-OH is 1. The number of hydrogen-bond donors (Lipinski definition) is 1. The molecular weight excluding hydrogens is 118 g/mol. The molecular formula is C6H15NO2. The molecule has 0 aromatic rings. The van der Waals surface area contributed by atoms with Gasteiger partial charge >= 0.3 is 0 Å². The standard InChI is InChI=1S/C6H15NO2/c1-7(2)4-6(5-8)9-3/h6,8H,4-5H2,1-3H3/t6-/m1/s1. The van der Waals surface area contributed by atoms with E-state index in [1.807, 2.05) is 19.0 Å². The van der Waals surface area contributed by atoms with Crippen LogP contribution in [0.25, 0.3) is 0 Å². The molecule has 0 fully saturated rings. The zero-order chi connectivity index (χ0) is 7.28. The Hall–Kier alpha value is -0.120. The second kappa shape index (κ2) is 4.73. The van der Waals surface area contributed by atoms with Crippen LogP contribution in [0.3, 0.4) is 0 Å². The van der Waals surface area contributed by atoms with Gasteiger partial charge in [-0.3, -0.25) is 0 Å². The summed E-state index contributed by atoms with van der Waals surface area (Å²) in [5, 5.41) is 8.62. The molecule has 0 aromatic heterocycles. The number of nitrogens with zero attached hydrogens (tertiary/aromatic N) is 1.